The van der Waals surface area contributed by atoms with Gasteiger partial charge in [-0.25, -0.2) is 0 Å². The maximum absolute atomic E-state index is 9.58. The molecule has 0 fully saturated rings. The van der Waals surface area contributed by atoms with Crippen LogP contribution >= 0.6 is 0 Å². The first kappa shape index (κ1) is 14.8. The van der Waals surface area contributed by atoms with E-state index >= 15 is 0 Å². The first-order chi connectivity index (χ1) is 7.85. The van der Waals surface area contributed by atoms with Crippen molar-refractivity contribution in [1.29, 1.82) is 0 Å². The van der Waals surface area contributed by atoms with Crippen molar-refractivity contribution < 1.29 is 5.11 Å². The van der Waals surface area contributed by atoms with Gasteiger partial charge >= 0.3 is 0 Å². The van der Waals surface area contributed by atoms with E-state index < -0.39 is 0 Å². The van der Waals surface area contributed by atoms with E-state index in [4.69, 9.17) is 0 Å². The van der Waals surface area contributed by atoms with Gasteiger partial charge in [0.25, 0.3) is 0 Å². The van der Waals surface area contributed by atoms with Crippen molar-refractivity contribution in [2.45, 2.75) is 72.8 Å². The zero-order chi connectivity index (χ0) is 13.1. The van der Waals surface area contributed by atoms with Crippen LogP contribution in [0.4, 0.5) is 0 Å². The number of hydrogen-bond acceptors (Lipinski definition) is 1. The SMILES string of the molecule is CC1=CCCCC(CCC(C)C(C)O)C1(C)C. The van der Waals surface area contributed by atoms with Crippen LogP contribution in [0.2, 0.25) is 0 Å². The van der Waals surface area contributed by atoms with Gasteiger partial charge in [0, 0.05) is 0 Å². The molecule has 0 aliphatic heterocycles. The summed E-state index contributed by atoms with van der Waals surface area (Å²) < 4.78 is 0. The Labute approximate surface area is 107 Å². The average Bonchev–Trinajstić information content (AvgIpc) is 2.37. The van der Waals surface area contributed by atoms with Crippen molar-refractivity contribution in [3.63, 3.8) is 0 Å². The van der Waals surface area contributed by atoms with E-state index in [9.17, 15) is 5.11 Å². The van der Waals surface area contributed by atoms with Gasteiger partial charge in [0.1, 0.15) is 0 Å². The van der Waals surface area contributed by atoms with Crippen molar-refractivity contribution in [3.05, 3.63) is 11.6 Å². The number of hydrogen-bond donors (Lipinski definition) is 1. The molecule has 0 amide bonds. The van der Waals surface area contributed by atoms with Crippen LogP contribution in [0.15, 0.2) is 11.6 Å². The highest BCUT2D eigenvalue weighted by atomic mass is 16.3. The summed E-state index contributed by atoms with van der Waals surface area (Å²) in [5.41, 5.74) is 1.90. The largest absolute Gasteiger partial charge is 0.393 e. The zero-order valence-corrected chi connectivity index (χ0v) is 12.3. The van der Waals surface area contributed by atoms with Crippen LogP contribution < -0.4 is 0 Å². The Hall–Kier alpha value is -0.300. The molecule has 0 aromatic heterocycles. The van der Waals surface area contributed by atoms with Crippen LogP contribution in [0.25, 0.3) is 0 Å². The van der Waals surface area contributed by atoms with E-state index in [1.807, 2.05) is 6.92 Å². The van der Waals surface area contributed by atoms with Gasteiger partial charge in [-0.15, -0.1) is 0 Å². The topological polar surface area (TPSA) is 20.2 Å². The van der Waals surface area contributed by atoms with Gasteiger partial charge in [-0.2, -0.15) is 0 Å². The van der Waals surface area contributed by atoms with E-state index in [-0.39, 0.29) is 6.10 Å². The Balaban J connectivity index is 2.60. The van der Waals surface area contributed by atoms with Crippen molar-refractivity contribution in [3.8, 4) is 0 Å². The molecule has 0 bridgehead atoms. The molecule has 0 radical (unpaired) electrons. The number of allylic oxidation sites excluding steroid dienone is 2. The lowest BCUT2D eigenvalue weighted by Gasteiger charge is -2.35. The highest BCUT2D eigenvalue weighted by Gasteiger charge is 2.32. The minimum absolute atomic E-state index is 0.166. The molecule has 1 N–H and O–H groups in total. The summed E-state index contributed by atoms with van der Waals surface area (Å²) >= 11 is 0. The molecule has 0 saturated heterocycles. The smallest absolute Gasteiger partial charge is 0.0537 e. The third-order valence-electron chi connectivity index (χ3n) is 5.04. The molecule has 1 nitrogen and oxygen atoms in total. The Bertz CT molecular complexity index is 263. The quantitative estimate of drug-likeness (QED) is 0.712. The summed E-state index contributed by atoms with van der Waals surface area (Å²) in [5.74, 6) is 1.21. The maximum atomic E-state index is 9.58. The molecular weight excluding hydrogens is 208 g/mol. The van der Waals surface area contributed by atoms with E-state index in [1.54, 1.807) is 5.57 Å². The fraction of sp³-hybridized carbons (Fsp3) is 0.875. The Morgan fingerprint density at radius 3 is 2.65 bits per heavy atom. The normalized spacial score (nSPS) is 28.1. The Kier molecular flexibility index (Phi) is 5.24. The minimum Gasteiger partial charge on any atom is -0.393 e. The average molecular weight is 238 g/mol. The maximum Gasteiger partial charge on any atom is 0.0537 e. The highest BCUT2D eigenvalue weighted by molar-refractivity contribution is 5.12. The van der Waals surface area contributed by atoms with Gasteiger partial charge in [-0.05, 0) is 63.2 Å². The van der Waals surface area contributed by atoms with Crippen LogP contribution in [0.1, 0.15) is 66.7 Å². The van der Waals surface area contributed by atoms with Crippen LogP contribution in [0.3, 0.4) is 0 Å². The first-order valence-corrected chi connectivity index (χ1v) is 7.21. The van der Waals surface area contributed by atoms with Crippen LogP contribution in [-0.4, -0.2) is 11.2 Å². The van der Waals surface area contributed by atoms with E-state index in [2.05, 4.69) is 33.8 Å². The van der Waals surface area contributed by atoms with E-state index in [0.29, 0.717) is 11.3 Å². The predicted molar refractivity (Wildman–Crippen MR) is 75.0 cm³/mol. The van der Waals surface area contributed by atoms with Crippen molar-refractivity contribution in [1.82, 2.24) is 0 Å². The Morgan fingerprint density at radius 1 is 1.41 bits per heavy atom. The monoisotopic (exact) mass is 238 g/mol. The number of rotatable bonds is 4. The van der Waals surface area contributed by atoms with Gasteiger partial charge in [0.15, 0.2) is 0 Å². The molecule has 1 aliphatic carbocycles. The van der Waals surface area contributed by atoms with Crippen molar-refractivity contribution >= 4 is 0 Å². The summed E-state index contributed by atoms with van der Waals surface area (Å²) in [7, 11) is 0. The minimum atomic E-state index is -0.166. The molecule has 0 saturated carbocycles. The summed E-state index contributed by atoms with van der Waals surface area (Å²) in [5, 5.41) is 9.58. The fourth-order valence-electron chi connectivity index (χ4n) is 2.84. The van der Waals surface area contributed by atoms with Crippen molar-refractivity contribution in [2.75, 3.05) is 0 Å². The second-order valence-electron chi connectivity index (χ2n) is 6.53. The van der Waals surface area contributed by atoms with Gasteiger partial charge < -0.3 is 5.11 Å². The standard InChI is InChI=1S/C16H30O/c1-12(14(3)17)10-11-15-9-7-6-8-13(2)16(15,4)5/h8,12,14-15,17H,6-7,9-11H2,1-5H3. The predicted octanol–water partition coefficient (Wildman–Crippen LogP) is 4.56. The first-order valence-electron chi connectivity index (χ1n) is 7.21. The van der Waals surface area contributed by atoms with Crippen molar-refractivity contribution in [2.24, 2.45) is 17.3 Å². The van der Waals surface area contributed by atoms with E-state index in [1.165, 1.54) is 25.7 Å². The summed E-state index contributed by atoms with van der Waals surface area (Å²) in [6.45, 7) is 11.1. The van der Waals surface area contributed by atoms with Gasteiger partial charge in [0.2, 0.25) is 0 Å². The number of aliphatic hydroxyl groups excluding tert-OH is 1. The van der Waals surface area contributed by atoms with Gasteiger partial charge in [0.05, 0.1) is 6.10 Å². The Morgan fingerprint density at radius 2 is 2.06 bits per heavy atom. The van der Waals surface area contributed by atoms with Crippen LogP contribution in [0.5, 0.6) is 0 Å². The van der Waals surface area contributed by atoms with Gasteiger partial charge in [-0.3, -0.25) is 0 Å². The molecule has 1 heteroatoms. The second kappa shape index (κ2) is 6.04. The molecule has 0 spiro atoms. The van der Waals surface area contributed by atoms with E-state index in [0.717, 1.165) is 12.3 Å². The van der Waals surface area contributed by atoms with Gasteiger partial charge in [-0.1, -0.05) is 32.4 Å². The second-order valence-corrected chi connectivity index (χ2v) is 6.53. The zero-order valence-electron chi connectivity index (χ0n) is 12.3. The fourth-order valence-corrected chi connectivity index (χ4v) is 2.84. The highest BCUT2D eigenvalue weighted by Crippen LogP contribution is 2.43. The molecule has 1 rings (SSSR count). The summed E-state index contributed by atoms with van der Waals surface area (Å²) in [6, 6.07) is 0. The summed E-state index contributed by atoms with van der Waals surface area (Å²) in [4.78, 5) is 0. The lowest BCUT2D eigenvalue weighted by Crippen LogP contribution is -2.26. The molecule has 0 aromatic carbocycles. The molecular formula is C16H30O. The summed E-state index contributed by atoms with van der Waals surface area (Å²) in [6.07, 6.45) is 8.58. The molecule has 17 heavy (non-hydrogen) atoms. The molecule has 0 aromatic rings. The molecule has 3 atom stereocenters. The van der Waals surface area contributed by atoms with Crippen LogP contribution in [-0.2, 0) is 0 Å². The molecule has 3 unspecified atom stereocenters. The third-order valence-corrected chi connectivity index (χ3v) is 5.04. The molecule has 0 heterocycles. The number of aliphatic hydroxyl groups is 1. The lowest BCUT2D eigenvalue weighted by atomic mass is 9.70. The van der Waals surface area contributed by atoms with Crippen LogP contribution in [0, 0.1) is 17.3 Å². The third kappa shape index (κ3) is 3.84. The molecule has 100 valence electrons. The lowest BCUT2D eigenvalue weighted by molar-refractivity contribution is 0.117. The molecule has 1 aliphatic rings.